The number of halogens is 2. The fraction of sp³-hybridized carbons (Fsp3) is 0.333. The second-order valence-electron chi connectivity index (χ2n) is 9.95. The standard InChI is InChI=1S/C30H34F2N4O/c1-21-28(10-5-11-29(21)37-25-9-4-8-24(19-25)34(2)3)36-15-13-35(14-16-36)12-6-7-22-20-33-30-26(22)17-23(31)18-27(30)32/h4-5,8-11,17-20,33H,6-7,12-16H2,1-3H3. The van der Waals surface area contributed by atoms with Gasteiger partial charge in [-0.25, -0.2) is 8.78 Å². The van der Waals surface area contributed by atoms with Crippen molar-refractivity contribution in [1.29, 1.82) is 0 Å². The molecular weight excluding hydrogens is 470 g/mol. The maximum absolute atomic E-state index is 14.0. The summed E-state index contributed by atoms with van der Waals surface area (Å²) >= 11 is 0. The van der Waals surface area contributed by atoms with E-state index in [0.717, 1.165) is 79.9 Å². The minimum atomic E-state index is -0.538. The molecular formula is C30H34F2N4O. The zero-order valence-corrected chi connectivity index (χ0v) is 21.7. The molecule has 1 fully saturated rings. The molecule has 5 nitrogen and oxygen atoms in total. The van der Waals surface area contributed by atoms with Gasteiger partial charge in [-0.05, 0) is 62.2 Å². The predicted molar refractivity (Wildman–Crippen MR) is 147 cm³/mol. The van der Waals surface area contributed by atoms with E-state index in [1.807, 2.05) is 38.4 Å². The van der Waals surface area contributed by atoms with Gasteiger partial charge in [0.2, 0.25) is 0 Å². The van der Waals surface area contributed by atoms with Gasteiger partial charge in [-0.3, -0.25) is 4.90 Å². The van der Waals surface area contributed by atoms with E-state index in [1.54, 1.807) is 6.20 Å². The third-order valence-electron chi connectivity index (χ3n) is 7.24. The molecule has 4 aromatic rings. The lowest BCUT2D eigenvalue weighted by atomic mass is 10.1. The van der Waals surface area contributed by atoms with E-state index < -0.39 is 11.6 Å². The number of hydrogen-bond donors (Lipinski definition) is 1. The van der Waals surface area contributed by atoms with Gasteiger partial charge in [0.25, 0.3) is 0 Å². The van der Waals surface area contributed by atoms with E-state index in [9.17, 15) is 8.78 Å². The lowest BCUT2D eigenvalue weighted by Gasteiger charge is -2.37. The van der Waals surface area contributed by atoms with Crippen LogP contribution in [-0.2, 0) is 6.42 Å². The van der Waals surface area contributed by atoms with Crippen molar-refractivity contribution >= 4 is 22.3 Å². The Morgan fingerprint density at radius 1 is 0.973 bits per heavy atom. The molecule has 0 unspecified atom stereocenters. The number of nitrogens with one attached hydrogen (secondary N) is 1. The van der Waals surface area contributed by atoms with Crippen LogP contribution in [0.3, 0.4) is 0 Å². The van der Waals surface area contributed by atoms with Crippen LogP contribution in [0.25, 0.3) is 10.9 Å². The largest absolute Gasteiger partial charge is 0.457 e. The van der Waals surface area contributed by atoms with Gasteiger partial charge in [0, 0.05) is 80.9 Å². The van der Waals surface area contributed by atoms with Gasteiger partial charge in [0.15, 0.2) is 0 Å². The number of piperazine rings is 1. The van der Waals surface area contributed by atoms with Crippen LogP contribution in [0.1, 0.15) is 17.5 Å². The van der Waals surface area contributed by atoms with Gasteiger partial charge in [-0.2, -0.15) is 0 Å². The zero-order valence-electron chi connectivity index (χ0n) is 21.7. The van der Waals surface area contributed by atoms with Crippen molar-refractivity contribution in [2.45, 2.75) is 19.8 Å². The number of H-pyrrole nitrogens is 1. The van der Waals surface area contributed by atoms with Gasteiger partial charge in [0.05, 0.1) is 5.52 Å². The normalized spacial score (nSPS) is 14.4. The zero-order chi connectivity index (χ0) is 25.9. The number of fused-ring (bicyclic) bond motifs is 1. The number of aromatic amines is 1. The van der Waals surface area contributed by atoms with E-state index in [2.05, 4.69) is 44.8 Å². The van der Waals surface area contributed by atoms with Crippen LogP contribution in [-0.4, -0.2) is 56.7 Å². The van der Waals surface area contributed by atoms with Crippen LogP contribution in [0.4, 0.5) is 20.2 Å². The molecule has 194 valence electrons. The molecule has 37 heavy (non-hydrogen) atoms. The number of hydrogen-bond acceptors (Lipinski definition) is 4. The Hall–Kier alpha value is -3.58. The molecule has 0 bridgehead atoms. The van der Waals surface area contributed by atoms with Gasteiger partial charge in [-0.1, -0.05) is 12.1 Å². The second-order valence-corrected chi connectivity index (χ2v) is 9.95. The minimum Gasteiger partial charge on any atom is -0.457 e. The molecule has 0 atom stereocenters. The smallest absolute Gasteiger partial charge is 0.150 e. The van der Waals surface area contributed by atoms with Crippen LogP contribution < -0.4 is 14.5 Å². The first kappa shape index (κ1) is 25.1. The maximum Gasteiger partial charge on any atom is 0.150 e. The van der Waals surface area contributed by atoms with E-state index in [1.165, 1.54) is 11.8 Å². The molecule has 7 heteroatoms. The number of aromatic nitrogens is 1. The summed E-state index contributed by atoms with van der Waals surface area (Å²) in [6.45, 7) is 6.94. The van der Waals surface area contributed by atoms with Crippen LogP contribution in [0.5, 0.6) is 11.5 Å². The van der Waals surface area contributed by atoms with Crippen LogP contribution >= 0.6 is 0 Å². The lowest BCUT2D eigenvalue weighted by molar-refractivity contribution is 0.255. The monoisotopic (exact) mass is 504 g/mol. The Morgan fingerprint density at radius 3 is 2.54 bits per heavy atom. The highest BCUT2D eigenvalue weighted by Crippen LogP contribution is 2.33. The van der Waals surface area contributed by atoms with Crippen molar-refractivity contribution < 1.29 is 13.5 Å². The highest BCUT2D eigenvalue weighted by atomic mass is 19.1. The molecule has 2 heterocycles. The Morgan fingerprint density at radius 2 is 1.76 bits per heavy atom. The molecule has 0 spiro atoms. The molecule has 1 saturated heterocycles. The molecule has 1 aromatic heterocycles. The highest BCUT2D eigenvalue weighted by molar-refractivity contribution is 5.83. The first-order valence-corrected chi connectivity index (χ1v) is 12.9. The third-order valence-corrected chi connectivity index (χ3v) is 7.24. The highest BCUT2D eigenvalue weighted by Gasteiger charge is 2.20. The van der Waals surface area contributed by atoms with Crippen LogP contribution in [0.2, 0.25) is 0 Å². The summed E-state index contributed by atoms with van der Waals surface area (Å²) in [5.74, 6) is 0.636. The molecule has 0 saturated carbocycles. The summed E-state index contributed by atoms with van der Waals surface area (Å²) in [7, 11) is 4.05. The summed E-state index contributed by atoms with van der Waals surface area (Å²) in [6.07, 6.45) is 3.54. The molecule has 0 amide bonds. The molecule has 0 aliphatic carbocycles. The topological polar surface area (TPSA) is 34.7 Å². The fourth-order valence-electron chi connectivity index (χ4n) is 5.13. The van der Waals surface area contributed by atoms with E-state index in [-0.39, 0.29) is 0 Å². The van der Waals surface area contributed by atoms with E-state index in [4.69, 9.17) is 4.74 Å². The van der Waals surface area contributed by atoms with E-state index >= 15 is 0 Å². The quantitative estimate of drug-likeness (QED) is 0.303. The number of rotatable bonds is 8. The van der Waals surface area contributed by atoms with Gasteiger partial charge in [0.1, 0.15) is 23.1 Å². The van der Waals surface area contributed by atoms with Crippen molar-refractivity contribution in [3.8, 4) is 11.5 Å². The number of aryl methyl sites for hydroxylation is 1. The first-order chi connectivity index (χ1) is 17.9. The van der Waals surface area contributed by atoms with Gasteiger partial charge in [-0.15, -0.1) is 0 Å². The Labute approximate surface area is 217 Å². The Balaban J connectivity index is 1.16. The Kier molecular flexibility index (Phi) is 7.33. The summed E-state index contributed by atoms with van der Waals surface area (Å²) in [5, 5.41) is 0.647. The van der Waals surface area contributed by atoms with Crippen molar-refractivity contribution in [3.63, 3.8) is 0 Å². The molecule has 3 aromatic carbocycles. The van der Waals surface area contributed by atoms with E-state index in [0.29, 0.717) is 10.9 Å². The average Bonchev–Trinajstić information content (AvgIpc) is 3.29. The number of nitrogens with zero attached hydrogens (tertiary/aromatic N) is 3. The SMILES string of the molecule is Cc1c(Oc2cccc(N(C)C)c2)cccc1N1CCN(CCCc2c[nH]c3c(F)cc(F)cc23)CC1. The predicted octanol–water partition coefficient (Wildman–Crippen LogP) is 6.37. The van der Waals surface area contributed by atoms with Crippen LogP contribution in [0.15, 0.2) is 60.8 Å². The van der Waals surface area contributed by atoms with Gasteiger partial charge >= 0.3 is 0 Å². The number of ether oxygens (including phenoxy) is 1. The average molecular weight is 505 g/mol. The van der Waals surface area contributed by atoms with Crippen molar-refractivity contribution in [3.05, 3.63) is 83.6 Å². The molecule has 0 radical (unpaired) electrons. The van der Waals surface area contributed by atoms with Crippen molar-refractivity contribution in [1.82, 2.24) is 9.88 Å². The summed E-state index contributed by atoms with van der Waals surface area (Å²) in [6, 6.07) is 16.7. The maximum atomic E-state index is 14.0. The molecule has 1 aliphatic heterocycles. The molecule has 1 aliphatic rings. The van der Waals surface area contributed by atoms with Gasteiger partial charge < -0.3 is 19.5 Å². The fourth-order valence-corrected chi connectivity index (χ4v) is 5.13. The van der Waals surface area contributed by atoms with Crippen molar-refractivity contribution in [2.75, 3.05) is 56.6 Å². The second kappa shape index (κ2) is 10.8. The van der Waals surface area contributed by atoms with Crippen molar-refractivity contribution in [2.24, 2.45) is 0 Å². The minimum absolute atomic E-state index is 0.386. The molecule has 1 N–H and O–H groups in total. The summed E-state index contributed by atoms with van der Waals surface area (Å²) < 4.78 is 33.9. The van der Waals surface area contributed by atoms with Crippen LogP contribution in [0, 0.1) is 18.6 Å². The lowest BCUT2D eigenvalue weighted by Crippen LogP contribution is -2.46. The summed E-state index contributed by atoms with van der Waals surface area (Å²) in [5.41, 5.74) is 4.81. The first-order valence-electron chi connectivity index (χ1n) is 12.9. The number of benzene rings is 3. The molecule has 5 rings (SSSR count). The number of anilines is 2. The third kappa shape index (κ3) is 5.57. The Bertz CT molecular complexity index is 1380. The summed E-state index contributed by atoms with van der Waals surface area (Å²) in [4.78, 5) is 9.92.